The number of ether oxygens (including phenoxy) is 1. The molecule has 0 aliphatic heterocycles. The first-order chi connectivity index (χ1) is 13.0. The van der Waals surface area contributed by atoms with Gasteiger partial charge in [-0.25, -0.2) is 4.99 Å². The van der Waals surface area contributed by atoms with Crippen molar-refractivity contribution in [2.75, 3.05) is 19.7 Å². The second kappa shape index (κ2) is 10.4. The van der Waals surface area contributed by atoms with Crippen LogP contribution in [0, 0.1) is 0 Å². The van der Waals surface area contributed by atoms with E-state index in [0.717, 1.165) is 31.6 Å². The van der Waals surface area contributed by atoms with E-state index in [4.69, 9.17) is 4.74 Å². The molecule has 0 aliphatic carbocycles. The maximum Gasteiger partial charge on any atom is 0.422 e. The number of nitrogens with one attached hydrogen (secondary N) is 2. The van der Waals surface area contributed by atoms with Crippen LogP contribution in [0.2, 0.25) is 0 Å². The van der Waals surface area contributed by atoms with Gasteiger partial charge in [0.25, 0.3) is 0 Å². The normalized spacial score (nSPS) is 12.1. The van der Waals surface area contributed by atoms with Gasteiger partial charge in [0.15, 0.2) is 12.6 Å². The molecule has 0 unspecified atom stereocenters. The minimum atomic E-state index is -4.34. The molecule has 148 valence electrons. The van der Waals surface area contributed by atoms with Crippen molar-refractivity contribution in [2.24, 2.45) is 4.99 Å². The first-order valence-corrected chi connectivity index (χ1v) is 8.74. The fraction of sp³-hybridized carbons (Fsp3) is 0.444. The van der Waals surface area contributed by atoms with Gasteiger partial charge in [-0.15, -0.1) is 0 Å². The van der Waals surface area contributed by atoms with E-state index in [-0.39, 0.29) is 5.75 Å². The Morgan fingerprint density at radius 1 is 1.22 bits per heavy atom. The van der Waals surface area contributed by atoms with Gasteiger partial charge >= 0.3 is 6.18 Å². The molecule has 2 rings (SSSR count). The van der Waals surface area contributed by atoms with Crippen molar-refractivity contribution in [3.05, 3.63) is 48.3 Å². The van der Waals surface area contributed by atoms with Gasteiger partial charge < -0.3 is 15.4 Å². The Morgan fingerprint density at radius 2 is 2.00 bits per heavy atom. The molecule has 6 nitrogen and oxygen atoms in total. The number of benzene rings is 1. The number of rotatable bonds is 9. The summed E-state index contributed by atoms with van der Waals surface area (Å²) in [5.41, 5.74) is 0.878. The first-order valence-electron chi connectivity index (χ1n) is 8.74. The number of aromatic nitrogens is 2. The summed E-state index contributed by atoms with van der Waals surface area (Å²) in [5, 5.41) is 10.6. The van der Waals surface area contributed by atoms with Gasteiger partial charge in [-0.3, -0.25) is 4.68 Å². The minimum absolute atomic E-state index is 0.184. The van der Waals surface area contributed by atoms with Crippen molar-refractivity contribution in [1.82, 2.24) is 20.4 Å². The molecule has 1 aromatic heterocycles. The van der Waals surface area contributed by atoms with Crippen molar-refractivity contribution < 1.29 is 17.9 Å². The fourth-order valence-electron chi connectivity index (χ4n) is 2.25. The van der Waals surface area contributed by atoms with Crippen molar-refractivity contribution >= 4 is 5.96 Å². The molecule has 0 aliphatic rings. The highest BCUT2D eigenvalue weighted by Crippen LogP contribution is 2.19. The minimum Gasteiger partial charge on any atom is -0.484 e. The molecule has 27 heavy (non-hydrogen) atoms. The highest BCUT2D eigenvalue weighted by molar-refractivity contribution is 5.79. The third-order valence-electron chi connectivity index (χ3n) is 3.51. The Hall–Kier alpha value is -2.71. The summed E-state index contributed by atoms with van der Waals surface area (Å²) in [6.45, 7) is 3.39. The maximum absolute atomic E-state index is 12.1. The molecule has 0 amide bonds. The van der Waals surface area contributed by atoms with Crippen molar-refractivity contribution in [2.45, 2.75) is 32.6 Å². The smallest absolute Gasteiger partial charge is 0.422 e. The molecule has 1 aromatic carbocycles. The van der Waals surface area contributed by atoms with Crippen LogP contribution in [0.4, 0.5) is 13.2 Å². The van der Waals surface area contributed by atoms with Crippen LogP contribution in [-0.2, 0) is 13.1 Å². The van der Waals surface area contributed by atoms with Gasteiger partial charge in [0.2, 0.25) is 0 Å². The van der Waals surface area contributed by atoms with Crippen LogP contribution in [-0.4, -0.2) is 41.6 Å². The Balaban J connectivity index is 1.78. The van der Waals surface area contributed by atoms with Gasteiger partial charge in [0.1, 0.15) is 5.75 Å². The van der Waals surface area contributed by atoms with Crippen LogP contribution in [0.15, 0.2) is 47.7 Å². The second-order valence-corrected chi connectivity index (χ2v) is 5.79. The highest BCUT2D eigenvalue weighted by Gasteiger charge is 2.28. The van der Waals surface area contributed by atoms with E-state index in [1.807, 2.05) is 23.9 Å². The average molecular weight is 383 g/mol. The topological polar surface area (TPSA) is 63.5 Å². The molecular formula is C18H24F3N5O. The first kappa shape index (κ1) is 20.6. The number of guanidine groups is 1. The summed E-state index contributed by atoms with van der Waals surface area (Å²) in [6, 6.07) is 8.33. The van der Waals surface area contributed by atoms with E-state index in [1.165, 1.54) is 12.1 Å². The number of hydrogen-bond donors (Lipinski definition) is 2. The number of nitrogens with zero attached hydrogens (tertiary/aromatic N) is 3. The maximum atomic E-state index is 12.1. The molecule has 0 saturated heterocycles. The highest BCUT2D eigenvalue weighted by atomic mass is 19.4. The van der Waals surface area contributed by atoms with E-state index >= 15 is 0 Å². The van der Waals surface area contributed by atoms with E-state index in [0.29, 0.717) is 12.5 Å². The summed E-state index contributed by atoms with van der Waals surface area (Å²) in [6.07, 6.45) is 0.226. The number of aliphatic imine (C=N–C) groups is 1. The van der Waals surface area contributed by atoms with Crippen molar-refractivity contribution in [1.29, 1.82) is 0 Å². The van der Waals surface area contributed by atoms with Gasteiger partial charge in [0.05, 0.1) is 6.54 Å². The van der Waals surface area contributed by atoms with Crippen molar-refractivity contribution in [3.63, 3.8) is 0 Å². The zero-order valence-electron chi connectivity index (χ0n) is 15.2. The Kier molecular flexibility index (Phi) is 7.97. The van der Waals surface area contributed by atoms with E-state index in [9.17, 15) is 13.2 Å². The van der Waals surface area contributed by atoms with Crippen LogP contribution < -0.4 is 15.4 Å². The number of alkyl halides is 3. The molecule has 2 aromatic rings. The summed E-state index contributed by atoms with van der Waals surface area (Å²) >= 11 is 0. The zero-order chi connectivity index (χ0) is 19.5. The van der Waals surface area contributed by atoms with Crippen molar-refractivity contribution in [3.8, 4) is 5.75 Å². The summed E-state index contributed by atoms with van der Waals surface area (Å²) in [5.74, 6) is 0.874. The molecule has 0 bridgehead atoms. The molecule has 0 saturated carbocycles. The summed E-state index contributed by atoms with van der Waals surface area (Å²) in [4.78, 5) is 4.48. The summed E-state index contributed by atoms with van der Waals surface area (Å²) in [7, 11) is 0. The van der Waals surface area contributed by atoms with Crippen LogP contribution in [0.25, 0.3) is 0 Å². The Morgan fingerprint density at radius 3 is 2.63 bits per heavy atom. The molecule has 0 fully saturated rings. The molecule has 2 N–H and O–H groups in total. The monoisotopic (exact) mass is 383 g/mol. The lowest BCUT2D eigenvalue weighted by Crippen LogP contribution is -2.38. The molecule has 1 heterocycles. The quantitative estimate of drug-likeness (QED) is 0.397. The lowest BCUT2D eigenvalue weighted by Gasteiger charge is -2.12. The van der Waals surface area contributed by atoms with Crippen LogP contribution in [0.5, 0.6) is 5.75 Å². The average Bonchev–Trinajstić information content (AvgIpc) is 3.15. The number of aryl methyl sites for hydroxylation is 1. The van der Waals surface area contributed by atoms with Gasteiger partial charge in [-0.1, -0.05) is 12.1 Å². The molecular weight excluding hydrogens is 359 g/mol. The fourth-order valence-corrected chi connectivity index (χ4v) is 2.25. The molecule has 0 spiro atoms. The van der Waals surface area contributed by atoms with Gasteiger partial charge in [-0.2, -0.15) is 18.3 Å². The van der Waals surface area contributed by atoms with E-state index in [2.05, 4.69) is 20.7 Å². The van der Waals surface area contributed by atoms with E-state index in [1.54, 1.807) is 18.3 Å². The van der Waals surface area contributed by atoms with Crippen LogP contribution in [0.1, 0.15) is 18.9 Å². The van der Waals surface area contributed by atoms with Crippen LogP contribution >= 0.6 is 0 Å². The third kappa shape index (κ3) is 8.48. The third-order valence-corrected chi connectivity index (χ3v) is 3.51. The SMILES string of the molecule is CCNC(=NCc1ccc(OCC(F)(F)F)cc1)NCCCn1cccn1. The summed E-state index contributed by atoms with van der Waals surface area (Å²) < 4.78 is 43.0. The molecule has 0 atom stereocenters. The zero-order valence-corrected chi connectivity index (χ0v) is 15.2. The molecule has 9 heteroatoms. The number of halogens is 3. The second-order valence-electron chi connectivity index (χ2n) is 5.79. The predicted octanol–water partition coefficient (Wildman–Crippen LogP) is 2.97. The predicted molar refractivity (Wildman–Crippen MR) is 97.7 cm³/mol. The Bertz CT molecular complexity index is 684. The standard InChI is InChI=1S/C18H24F3N5O/c1-2-22-17(23-9-3-11-26-12-4-10-25-26)24-13-15-5-7-16(8-6-15)27-14-18(19,20)21/h4-8,10,12H,2-3,9,11,13-14H2,1H3,(H2,22,23,24). The van der Waals surface area contributed by atoms with Gasteiger partial charge in [-0.05, 0) is 37.1 Å². The van der Waals surface area contributed by atoms with Crippen LogP contribution in [0.3, 0.4) is 0 Å². The largest absolute Gasteiger partial charge is 0.484 e. The molecule has 0 radical (unpaired) electrons. The lowest BCUT2D eigenvalue weighted by molar-refractivity contribution is -0.153. The lowest BCUT2D eigenvalue weighted by atomic mass is 10.2. The Labute approximate surface area is 156 Å². The van der Waals surface area contributed by atoms with Gasteiger partial charge in [0, 0.05) is 32.0 Å². The van der Waals surface area contributed by atoms with E-state index < -0.39 is 12.8 Å². The number of hydrogen-bond acceptors (Lipinski definition) is 3.